The van der Waals surface area contributed by atoms with Gasteiger partial charge in [-0.3, -0.25) is 9.55 Å². The normalized spacial score (nSPS) is 10.2. The summed E-state index contributed by atoms with van der Waals surface area (Å²) < 4.78 is 1.57. The van der Waals surface area contributed by atoms with Crippen molar-refractivity contribution in [2.75, 3.05) is 5.32 Å². The van der Waals surface area contributed by atoms with Gasteiger partial charge in [-0.05, 0) is 22.0 Å². The van der Waals surface area contributed by atoms with E-state index in [-0.39, 0.29) is 5.82 Å². The number of imidazole rings is 1. The summed E-state index contributed by atoms with van der Waals surface area (Å²) in [5.74, 6) is 0.198. The molecule has 0 bridgehead atoms. The van der Waals surface area contributed by atoms with Crippen molar-refractivity contribution in [3.05, 3.63) is 46.5 Å². The van der Waals surface area contributed by atoms with Crippen molar-refractivity contribution in [1.29, 1.82) is 0 Å². The van der Waals surface area contributed by atoms with Gasteiger partial charge in [0, 0.05) is 13.2 Å². The quantitative estimate of drug-likeness (QED) is 0.636. The van der Waals surface area contributed by atoms with Gasteiger partial charge in [-0.1, -0.05) is 6.07 Å². The zero-order chi connectivity index (χ0) is 12.3. The van der Waals surface area contributed by atoms with Crippen LogP contribution in [0.15, 0.2) is 30.7 Å². The van der Waals surface area contributed by atoms with Gasteiger partial charge in [-0.15, -0.1) is 0 Å². The number of nitrogens with one attached hydrogen (secondary N) is 1. The molecule has 0 aliphatic rings. The molecule has 0 aliphatic heterocycles. The highest BCUT2D eigenvalue weighted by molar-refractivity contribution is 5.52. The molecule has 0 aliphatic carbocycles. The molecule has 0 saturated carbocycles. The topological polar surface area (TPSA) is 85.9 Å². The lowest BCUT2D eigenvalue weighted by Crippen LogP contribution is -2.06. The zero-order valence-corrected chi connectivity index (χ0v) is 9.20. The summed E-state index contributed by atoms with van der Waals surface area (Å²) in [7, 11) is 1.70. The summed E-state index contributed by atoms with van der Waals surface area (Å²) in [5.41, 5.74) is 0.808. The minimum absolute atomic E-state index is 0.177. The van der Waals surface area contributed by atoms with Crippen LogP contribution < -0.4 is 5.32 Å². The Kier molecular flexibility index (Phi) is 2.99. The van der Waals surface area contributed by atoms with E-state index in [0.29, 0.717) is 12.4 Å². The van der Waals surface area contributed by atoms with Gasteiger partial charge in [0.1, 0.15) is 0 Å². The molecule has 0 fully saturated rings. The third-order valence-electron chi connectivity index (χ3n) is 2.25. The fourth-order valence-corrected chi connectivity index (χ4v) is 1.43. The lowest BCUT2D eigenvalue weighted by atomic mass is 10.3. The number of nitrogens with zero attached hydrogens (tertiary/aromatic N) is 4. The average molecular weight is 233 g/mol. The summed E-state index contributed by atoms with van der Waals surface area (Å²) in [5, 5.41) is 13.7. The number of hydrogen-bond donors (Lipinski definition) is 1. The minimum Gasteiger partial charge on any atom is -0.359 e. The van der Waals surface area contributed by atoms with E-state index in [1.54, 1.807) is 17.8 Å². The lowest BCUT2D eigenvalue weighted by Gasteiger charge is -2.05. The second-order valence-corrected chi connectivity index (χ2v) is 3.46. The van der Waals surface area contributed by atoms with Crippen LogP contribution >= 0.6 is 0 Å². The van der Waals surface area contributed by atoms with Gasteiger partial charge in [0.2, 0.25) is 12.1 Å². The number of hydrogen-bond acceptors (Lipinski definition) is 5. The summed E-state index contributed by atoms with van der Waals surface area (Å²) in [6.45, 7) is 0.418. The van der Waals surface area contributed by atoms with Crippen molar-refractivity contribution in [1.82, 2.24) is 14.5 Å². The molecule has 0 spiro atoms. The number of nitro groups is 1. The van der Waals surface area contributed by atoms with Crippen LogP contribution in [0, 0.1) is 10.1 Å². The third kappa shape index (κ3) is 2.39. The average Bonchev–Trinajstić information content (AvgIpc) is 2.69. The van der Waals surface area contributed by atoms with E-state index in [9.17, 15) is 10.1 Å². The first-order valence-electron chi connectivity index (χ1n) is 4.98. The number of aryl methyl sites for hydroxylation is 1. The van der Waals surface area contributed by atoms with Gasteiger partial charge in [-0.25, -0.2) is 0 Å². The Labute approximate surface area is 97.3 Å². The van der Waals surface area contributed by atoms with Crippen molar-refractivity contribution in [2.24, 2.45) is 7.05 Å². The molecule has 0 aromatic carbocycles. The van der Waals surface area contributed by atoms with E-state index in [1.807, 2.05) is 18.2 Å². The third-order valence-corrected chi connectivity index (χ3v) is 2.25. The standard InChI is InChI=1S/C10H11N5O2/c1-14-7-13-10(15(16)17)9(14)12-6-8-4-2-3-5-11-8/h2-5,7,12H,6H2,1H3. The predicted octanol–water partition coefficient (Wildman–Crippen LogP) is 1.34. The smallest absolute Gasteiger partial charge is 0.359 e. The molecule has 88 valence electrons. The van der Waals surface area contributed by atoms with Crippen molar-refractivity contribution in [3.63, 3.8) is 0 Å². The van der Waals surface area contributed by atoms with Crippen LogP contribution in [0.5, 0.6) is 0 Å². The van der Waals surface area contributed by atoms with E-state index in [0.717, 1.165) is 5.69 Å². The second-order valence-electron chi connectivity index (χ2n) is 3.46. The first-order chi connectivity index (χ1) is 8.18. The number of anilines is 1. The molecule has 7 nitrogen and oxygen atoms in total. The van der Waals surface area contributed by atoms with Gasteiger partial charge in [-0.2, -0.15) is 0 Å². The van der Waals surface area contributed by atoms with Crippen LogP contribution in [0.4, 0.5) is 11.6 Å². The van der Waals surface area contributed by atoms with Crippen LogP contribution in [0.25, 0.3) is 0 Å². The Morgan fingerprint density at radius 3 is 2.94 bits per heavy atom. The van der Waals surface area contributed by atoms with Crippen LogP contribution in [0.2, 0.25) is 0 Å². The van der Waals surface area contributed by atoms with E-state index in [4.69, 9.17) is 0 Å². The molecule has 1 N–H and O–H groups in total. The van der Waals surface area contributed by atoms with E-state index >= 15 is 0 Å². The van der Waals surface area contributed by atoms with Crippen molar-refractivity contribution in [2.45, 2.75) is 6.54 Å². The first-order valence-corrected chi connectivity index (χ1v) is 4.98. The highest BCUT2D eigenvalue weighted by Crippen LogP contribution is 2.21. The highest BCUT2D eigenvalue weighted by Gasteiger charge is 2.19. The SMILES string of the molecule is Cn1cnc([N+](=O)[O-])c1NCc1ccccn1. The lowest BCUT2D eigenvalue weighted by molar-refractivity contribution is -0.388. The Morgan fingerprint density at radius 2 is 2.29 bits per heavy atom. The van der Waals surface area contributed by atoms with Gasteiger partial charge >= 0.3 is 5.82 Å². The molecule has 2 aromatic heterocycles. The maximum atomic E-state index is 10.7. The Morgan fingerprint density at radius 1 is 1.47 bits per heavy atom. The number of pyridine rings is 1. The monoisotopic (exact) mass is 233 g/mol. The fourth-order valence-electron chi connectivity index (χ4n) is 1.43. The maximum absolute atomic E-state index is 10.7. The Hall–Kier alpha value is -2.44. The van der Waals surface area contributed by atoms with Crippen LogP contribution in [0.1, 0.15) is 5.69 Å². The van der Waals surface area contributed by atoms with E-state index in [2.05, 4.69) is 15.3 Å². The molecule has 2 rings (SSSR count). The predicted molar refractivity (Wildman–Crippen MR) is 61.4 cm³/mol. The molecule has 2 aromatic rings. The van der Waals surface area contributed by atoms with Gasteiger partial charge in [0.05, 0.1) is 12.2 Å². The zero-order valence-electron chi connectivity index (χ0n) is 9.20. The molecule has 0 unspecified atom stereocenters. The summed E-state index contributed by atoms with van der Waals surface area (Å²) >= 11 is 0. The molecule has 0 amide bonds. The number of aromatic nitrogens is 3. The summed E-state index contributed by atoms with van der Waals surface area (Å²) in [4.78, 5) is 18.0. The van der Waals surface area contributed by atoms with Crippen molar-refractivity contribution in [3.8, 4) is 0 Å². The van der Waals surface area contributed by atoms with E-state index in [1.165, 1.54) is 6.33 Å². The number of rotatable bonds is 4. The largest absolute Gasteiger partial charge is 0.406 e. The molecule has 0 saturated heterocycles. The van der Waals surface area contributed by atoms with Crippen LogP contribution in [-0.2, 0) is 13.6 Å². The van der Waals surface area contributed by atoms with Crippen molar-refractivity contribution < 1.29 is 4.92 Å². The summed E-state index contributed by atoms with van der Waals surface area (Å²) in [6, 6.07) is 5.52. The second kappa shape index (κ2) is 4.60. The van der Waals surface area contributed by atoms with Gasteiger partial charge in [0.25, 0.3) is 0 Å². The molecule has 0 atom stereocenters. The van der Waals surface area contributed by atoms with Crippen LogP contribution in [0.3, 0.4) is 0 Å². The molecule has 2 heterocycles. The Bertz CT molecular complexity index is 523. The van der Waals surface area contributed by atoms with E-state index < -0.39 is 4.92 Å². The van der Waals surface area contributed by atoms with Crippen LogP contribution in [-0.4, -0.2) is 19.5 Å². The molecular formula is C10H11N5O2. The maximum Gasteiger partial charge on any atom is 0.406 e. The summed E-state index contributed by atoms with van der Waals surface area (Å²) in [6.07, 6.45) is 3.08. The molecular weight excluding hydrogens is 222 g/mol. The van der Waals surface area contributed by atoms with Gasteiger partial charge < -0.3 is 15.4 Å². The minimum atomic E-state index is -0.513. The van der Waals surface area contributed by atoms with Crippen molar-refractivity contribution >= 4 is 11.6 Å². The Balaban J connectivity index is 2.14. The highest BCUT2D eigenvalue weighted by atomic mass is 16.6. The fraction of sp³-hybridized carbons (Fsp3) is 0.200. The molecule has 0 radical (unpaired) electrons. The molecule has 17 heavy (non-hydrogen) atoms. The van der Waals surface area contributed by atoms with Gasteiger partial charge in [0.15, 0.2) is 0 Å². The first kappa shape index (κ1) is 11.1. The molecule has 7 heteroatoms.